The van der Waals surface area contributed by atoms with Crippen LogP contribution in [0.15, 0.2) is 4.99 Å². The molecule has 0 bridgehead atoms. The number of Topliss-reactive ketones (excluding diaryl/α,β-unsaturated/α-hetero) is 2. The maximum Gasteiger partial charge on any atom is 0.179 e. The van der Waals surface area contributed by atoms with Crippen LogP contribution in [0.25, 0.3) is 0 Å². The summed E-state index contributed by atoms with van der Waals surface area (Å²) in [4.78, 5) is 30.7. The molecule has 10 atom stereocenters. The van der Waals surface area contributed by atoms with E-state index in [4.69, 9.17) is 0 Å². The molecule has 31 heavy (non-hydrogen) atoms. The molecule has 4 fully saturated rings. The summed E-state index contributed by atoms with van der Waals surface area (Å²) in [5.74, 6) is 3.51. The van der Waals surface area contributed by atoms with Gasteiger partial charge in [0.1, 0.15) is 6.10 Å². The first kappa shape index (κ1) is 21.8. The van der Waals surface area contributed by atoms with E-state index in [1.54, 1.807) is 0 Å². The minimum atomic E-state index is -0.729. The van der Waals surface area contributed by atoms with Crippen molar-refractivity contribution in [3.63, 3.8) is 0 Å². The van der Waals surface area contributed by atoms with Gasteiger partial charge in [0.2, 0.25) is 0 Å². The van der Waals surface area contributed by atoms with Crippen LogP contribution in [-0.2, 0) is 9.59 Å². The number of hydrogen-bond acceptors (Lipinski definition) is 4. The first-order valence-electron chi connectivity index (χ1n) is 13.0. The summed E-state index contributed by atoms with van der Waals surface area (Å²) in [5.41, 5.74) is 1.16. The molecular formula is C27H41NO3. The maximum absolute atomic E-state index is 13.3. The molecule has 10 unspecified atom stereocenters. The van der Waals surface area contributed by atoms with Crippen LogP contribution in [0.3, 0.4) is 0 Å². The monoisotopic (exact) mass is 427 g/mol. The second-order valence-corrected chi connectivity index (χ2v) is 12.4. The number of aliphatic hydroxyl groups excluding tert-OH is 1. The van der Waals surface area contributed by atoms with Crippen molar-refractivity contribution in [2.75, 3.05) is 6.54 Å². The highest BCUT2D eigenvalue weighted by atomic mass is 16.3. The van der Waals surface area contributed by atoms with E-state index in [0.717, 1.165) is 44.4 Å². The summed E-state index contributed by atoms with van der Waals surface area (Å²) in [6.07, 6.45) is 8.62. The zero-order valence-electron chi connectivity index (χ0n) is 19.9. The molecule has 5 aliphatic rings. The summed E-state index contributed by atoms with van der Waals surface area (Å²) in [6, 6.07) is 0. The van der Waals surface area contributed by atoms with Gasteiger partial charge in [-0.1, -0.05) is 27.7 Å². The number of hydrogen-bond donors (Lipinski definition) is 1. The lowest BCUT2D eigenvalue weighted by Crippen LogP contribution is -2.57. The van der Waals surface area contributed by atoms with E-state index in [1.807, 2.05) is 0 Å². The second kappa shape index (κ2) is 7.50. The Hall–Kier alpha value is -1.03. The van der Waals surface area contributed by atoms with Crippen molar-refractivity contribution >= 4 is 17.3 Å². The summed E-state index contributed by atoms with van der Waals surface area (Å²) < 4.78 is 0. The van der Waals surface area contributed by atoms with Crippen LogP contribution in [0.2, 0.25) is 0 Å². The van der Waals surface area contributed by atoms with E-state index in [0.29, 0.717) is 41.8 Å². The molecule has 0 spiro atoms. The lowest BCUT2D eigenvalue weighted by atomic mass is 9.44. The Balaban J connectivity index is 1.36. The van der Waals surface area contributed by atoms with Crippen molar-refractivity contribution in [2.45, 2.75) is 91.6 Å². The first-order valence-corrected chi connectivity index (χ1v) is 13.0. The van der Waals surface area contributed by atoms with Gasteiger partial charge in [0, 0.05) is 18.4 Å². The number of carbonyl (C=O) groups is 2. The molecule has 4 saturated carbocycles. The molecule has 172 valence electrons. The largest absolute Gasteiger partial charge is 0.385 e. The van der Waals surface area contributed by atoms with Gasteiger partial charge in [-0.2, -0.15) is 0 Å². The minimum Gasteiger partial charge on any atom is -0.385 e. The van der Waals surface area contributed by atoms with Gasteiger partial charge in [-0.3, -0.25) is 14.6 Å². The quantitative estimate of drug-likeness (QED) is 0.699. The van der Waals surface area contributed by atoms with Crippen LogP contribution in [0.4, 0.5) is 0 Å². The van der Waals surface area contributed by atoms with Crippen molar-refractivity contribution in [1.29, 1.82) is 0 Å². The molecule has 1 aliphatic heterocycles. The smallest absolute Gasteiger partial charge is 0.179 e. The van der Waals surface area contributed by atoms with Crippen LogP contribution < -0.4 is 0 Å². The van der Waals surface area contributed by atoms with Crippen LogP contribution in [0.5, 0.6) is 0 Å². The second-order valence-electron chi connectivity index (χ2n) is 12.4. The molecule has 4 heteroatoms. The fraction of sp³-hybridized carbons (Fsp3) is 0.889. The van der Waals surface area contributed by atoms with Crippen LogP contribution >= 0.6 is 0 Å². The number of carbonyl (C=O) groups excluding carboxylic acids is 2. The molecule has 4 aliphatic carbocycles. The van der Waals surface area contributed by atoms with E-state index >= 15 is 0 Å². The third-order valence-electron chi connectivity index (χ3n) is 11.0. The third-order valence-corrected chi connectivity index (χ3v) is 11.0. The number of ketones is 2. The minimum absolute atomic E-state index is 0.0573. The highest BCUT2D eigenvalue weighted by molar-refractivity contribution is 6.41. The van der Waals surface area contributed by atoms with Crippen molar-refractivity contribution in [2.24, 2.45) is 57.2 Å². The average molecular weight is 428 g/mol. The summed E-state index contributed by atoms with van der Waals surface area (Å²) in [6.45, 7) is 10.0. The van der Waals surface area contributed by atoms with Gasteiger partial charge in [-0.05, 0) is 98.2 Å². The highest BCUT2D eigenvalue weighted by Gasteiger charge is 2.62. The molecule has 1 heterocycles. The van der Waals surface area contributed by atoms with Crippen molar-refractivity contribution in [3.05, 3.63) is 0 Å². The van der Waals surface area contributed by atoms with Crippen LogP contribution in [0, 0.1) is 52.3 Å². The van der Waals surface area contributed by atoms with Gasteiger partial charge in [-0.15, -0.1) is 0 Å². The molecule has 0 aromatic carbocycles. The van der Waals surface area contributed by atoms with Crippen LogP contribution in [-0.4, -0.2) is 35.0 Å². The van der Waals surface area contributed by atoms with Gasteiger partial charge in [0.05, 0.1) is 5.71 Å². The fourth-order valence-corrected chi connectivity index (χ4v) is 9.32. The Morgan fingerprint density at radius 2 is 1.74 bits per heavy atom. The predicted octanol–water partition coefficient (Wildman–Crippen LogP) is 4.87. The van der Waals surface area contributed by atoms with Gasteiger partial charge in [0.25, 0.3) is 0 Å². The zero-order chi connectivity index (χ0) is 22.1. The topological polar surface area (TPSA) is 66.7 Å². The Labute approximate surface area is 187 Å². The fourth-order valence-electron chi connectivity index (χ4n) is 9.32. The van der Waals surface area contributed by atoms with Crippen molar-refractivity contribution in [1.82, 2.24) is 0 Å². The van der Waals surface area contributed by atoms with E-state index in [2.05, 4.69) is 32.7 Å². The molecule has 0 radical (unpaired) electrons. The highest BCUT2D eigenvalue weighted by Crippen LogP contribution is 2.68. The lowest BCUT2D eigenvalue weighted by molar-refractivity contribution is -0.160. The molecule has 5 rings (SSSR count). The lowest BCUT2D eigenvalue weighted by Gasteiger charge is -2.60. The molecule has 0 aromatic rings. The van der Waals surface area contributed by atoms with Gasteiger partial charge in [0.15, 0.2) is 11.6 Å². The molecule has 4 nitrogen and oxygen atoms in total. The molecule has 0 saturated heterocycles. The summed E-state index contributed by atoms with van der Waals surface area (Å²) >= 11 is 0. The number of aliphatic hydroxyl groups is 1. The third kappa shape index (κ3) is 3.14. The Bertz CT molecular complexity index is 804. The molecular weight excluding hydrogens is 386 g/mol. The summed E-state index contributed by atoms with van der Waals surface area (Å²) in [7, 11) is 0. The molecule has 0 amide bonds. The van der Waals surface area contributed by atoms with Crippen molar-refractivity contribution in [3.8, 4) is 0 Å². The SMILES string of the molecule is CC1CN=C(C(=O)C(C)C2CCC3C4CCC5C(=O)C(O)CCC5(C)C4CCC23C)C1. The van der Waals surface area contributed by atoms with E-state index in [-0.39, 0.29) is 28.4 Å². The van der Waals surface area contributed by atoms with Crippen molar-refractivity contribution < 1.29 is 14.7 Å². The molecule has 0 aromatic heterocycles. The van der Waals surface area contributed by atoms with Gasteiger partial charge < -0.3 is 5.11 Å². The predicted molar refractivity (Wildman–Crippen MR) is 122 cm³/mol. The van der Waals surface area contributed by atoms with Gasteiger partial charge in [-0.25, -0.2) is 0 Å². The standard InChI is InChI=1S/C27H41NO3/c1-15-13-22(28-14-15)24(30)16(2)18-7-8-19-17-5-6-21-25(31)23(29)10-12-27(21,4)20(17)9-11-26(18,19)3/h15-21,23,29H,5-14H2,1-4H3. The first-order chi connectivity index (χ1) is 14.7. The number of aliphatic imine (C=N–C) groups is 1. The Kier molecular flexibility index (Phi) is 5.27. The normalized spacial score (nSPS) is 50.3. The number of fused-ring (bicyclic) bond motifs is 5. The summed E-state index contributed by atoms with van der Waals surface area (Å²) in [5, 5.41) is 10.2. The maximum atomic E-state index is 13.3. The van der Waals surface area contributed by atoms with E-state index in [9.17, 15) is 14.7 Å². The average Bonchev–Trinajstić information content (AvgIpc) is 3.33. The van der Waals surface area contributed by atoms with E-state index < -0.39 is 6.10 Å². The number of nitrogens with zero attached hydrogens (tertiary/aromatic N) is 1. The Morgan fingerprint density at radius 3 is 2.45 bits per heavy atom. The molecule has 1 N–H and O–H groups in total. The number of rotatable bonds is 3. The van der Waals surface area contributed by atoms with Crippen LogP contribution in [0.1, 0.15) is 85.5 Å². The zero-order valence-corrected chi connectivity index (χ0v) is 19.9. The Morgan fingerprint density at radius 1 is 1.03 bits per heavy atom. The van der Waals surface area contributed by atoms with Gasteiger partial charge >= 0.3 is 0 Å². The van der Waals surface area contributed by atoms with E-state index in [1.165, 1.54) is 19.3 Å².